The lowest BCUT2D eigenvalue weighted by Crippen LogP contribution is -1.98. The van der Waals surface area contributed by atoms with E-state index < -0.39 is 9.84 Å². The Morgan fingerprint density at radius 1 is 0.920 bits per heavy atom. The highest BCUT2D eigenvalue weighted by molar-refractivity contribution is 7.90. The third kappa shape index (κ3) is 2.83. The summed E-state index contributed by atoms with van der Waals surface area (Å²) in [6, 6.07) is 21.1. The third-order valence-electron chi connectivity index (χ3n) is 4.19. The first-order valence-corrected chi connectivity index (χ1v) is 9.74. The van der Waals surface area contributed by atoms with Crippen LogP contribution >= 0.6 is 0 Å². The second-order valence-electron chi connectivity index (χ2n) is 5.93. The maximum absolute atomic E-state index is 11.7. The standard InChI is InChI=1S/C20H16N2O2S/c1-25(23,24)18-9-7-15(8-10-18)20-13-16-14-21-12-11-19(16)22(20)17-5-3-2-4-6-17/h2-14H,1H3. The Morgan fingerprint density at radius 2 is 1.64 bits per heavy atom. The van der Waals surface area contributed by atoms with E-state index in [1.54, 1.807) is 18.3 Å². The van der Waals surface area contributed by atoms with Crippen molar-refractivity contribution in [2.75, 3.05) is 6.26 Å². The SMILES string of the molecule is CS(=O)(=O)c1ccc(-c2cc3cnccc3n2-c2ccccc2)cc1. The van der Waals surface area contributed by atoms with Crippen molar-refractivity contribution in [3.63, 3.8) is 0 Å². The van der Waals surface area contributed by atoms with Crippen LogP contribution in [0.1, 0.15) is 0 Å². The lowest BCUT2D eigenvalue weighted by molar-refractivity contribution is 0.602. The lowest BCUT2D eigenvalue weighted by atomic mass is 10.1. The summed E-state index contributed by atoms with van der Waals surface area (Å²) in [4.78, 5) is 4.53. The van der Waals surface area contributed by atoms with E-state index in [1.165, 1.54) is 6.26 Å². The van der Waals surface area contributed by atoms with E-state index in [2.05, 4.69) is 15.6 Å². The molecule has 4 rings (SSSR count). The Hall–Kier alpha value is -2.92. The first-order chi connectivity index (χ1) is 12.0. The number of pyridine rings is 1. The molecule has 2 aromatic carbocycles. The van der Waals surface area contributed by atoms with Crippen LogP contribution in [0.4, 0.5) is 0 Å². The Morgan fingerprint density at radius 3 is 2.32 bits per heavy atom. The minimum Gasteiger partial charge on any atom is -0.309 e. The van der Waals surface area contributed by atoms with Gasteiger partial charge in [-0.15, -0.1) is 0 Å². The average molecular weight is 348 g/mol. The van der Waals surface area contributed by atoms with Crippen LogP contribution in [-0.4, -0.2) is 24.2 Å². The van der Waals surface area contributed by atoms with Crippen molar-refractivity contribution in [1.82, 2.24) is 9.55 Å². The molecule has 0 aliphatic heterocycles. The monoisotopic (exact) mass is 348 g/mol. The van der Waals surface area contributed by atoms with Crippen LogP contribution in [0.5, 0.6) is 0 Å². The summed E-state index contributed by atoms with van der Waals surface area (Å²) in [5.74, 6) is 0. The van der Waals surface area contributed by atoms with Gasteiger partial charge in [-0.05, 0) is 42.0 Å². The molecule has 25 heavy (non-hydrogen) atoms. The molecule has 0 amide bonds. The highest BCUT2D eigenvalue weighted by atomic mass is 32.2. The van der Waals surface area contributed by atoms with Crippen LogP contribution in [-0.2, 0) is 9.84 Å². The van der Waals surface area contributed by atoms with Gasteiger partial charge in [-0.25, -0.2) is 8.42 Å². The summed E-state index contributed by atoms with van der Waals surface area (Å²) < 4.78 is 25.6. The summed E-state index contributed by atoms with van der Waals surface area (Å²) in [5.41, 5.74) is 4.05. The first-order valence-electron chi connectivity index (χ1n) is 7.85. The topological polar surface area (TPSA) is 52.0 Å². The number of sulfone groups is 1. The van der Waals surface area contributed by atoms with Crippen molar-refractivity contribution in [3.8, 4) is 16.9 Å². The number of rotatable bonds is 3. The smallest absolute Gasteiger partial charge is 0.175 e. The van der Waals surface area contributed by atoms with Gasteiger partial charge in [0.05, 0.1) is 16.1 Å². The molecule has 0 radical (unpaired) electrons. The molecular weight excluding hydrogens is 332 g/mol. The fourth-order valence-corrected chi connectivity index (χ4v) is 3.63. The van der Waals surface area contributed by atoms with Gasteiger partial charge in [0, 0.05) is 29.7 Å². The van der Waals surface area contributed by atoms with Crippen molar-refractivity contribution >= 4 is 20.7 Å². The number of hydrogen-bond acceptors (Lipinski definition) is 3. The molecule has 2 heterocycles. The maximum atomic E-state index is 11.7. The molecule has 0 saturated carbocycles. The van der Waals surface area contributed by atoms with Gasteiger partial charge in [0.1, 0.15) is 0 Å². The van der Waals surface area contributed by atoms with Crippen LogP contribution in [0, 0.1) is 0 Å². The Balaban J connectivity index is 1.96. The van der Waals surface area contributed by atoms with Gasteiger partial charge < -0.3 is 4.57 Å². The average Bonchev–Trinajstić information content (AvgIpc) is 3.01. The molecule has 2 aromatic heterocycles. The zero-order chi connectivity index (χ0) is 17.4. The molecule has 0 aliphatic carbocycles. The maximum Gasteiger partial charge on any atom is 0.175 e. The molecule has 0 fully saturated rings. The van der Waals surface area contributed by atoms with Gasteiger partial charge in [-0.2, -0.15) is 0 Å². The van der Waals surface area contributed by atoms with E-state index in [-0.39, 0.29) is 0 Å². The number of benzene rings is 2. The Kier molecular flexibility index (Phi) is 3.66. The fourth-order valence-electron chi connectivity index (χ4n) is 3.00. The molecule has 124 valence electrons. The molecule has 0 saturated heterocycles. The molecule has 0 unspecified atom stereocenters. The van der Waals surface area contributed by atoms with Crippen molar-refractivity contribution < 1.29 is 8.42 Å². The molecule has 0 bridgehead atoms. The van der Waals surface area contributed by atoms with Gasteiger partial charge in [0.25, 0.3) is 0 Å². The largest absolute Gasteiger partial charge is 0.309 e. The van der Waals surface area contributed by atoms with E-state index >= 15 is 0 Å². The van der Waals surface area contributed by atoms with Crippen molar-refractivity contribution in [2.24, 2.45) is 0 Å². The van der Waals surface area contributed by atoms with Crippen molar-refractivity contribution in [1.29, 1.82) is 0 Å². The second kappa shape index (κ2) is 5.86. The zero-order valence-corrected chi connectivity index (χ0v) is 14.4. The van der Waals surface area contributed by atoms with Gasteiger partial charge >= 0.3 is 0 Å². The van der Waals surface area contributed by atoms with Crippen LogP contribution in [0.2, 0.25) is 0 Å². The lowest BCUT2D eigenvalue weighted by Gasteiger charge is -2.11. The highest BCUT2D eigenvalue weighted by Crippen LogP contribution is 2.31. The predicted octanol–water partition coefficient (Wildman–Crippen LogP) is 4.10. The van der Waals surface area contributed by atoms with Gasteiger partial charge in [-0.3, -0.25) is 4.98 Å². The predicted molar refractivity (Wildman–Crippen MR) is 99.6 cm³/mol. The molecule has 0 N–H and O–H groups in total. The quantitative estimate of drug-likeness (QED) is 0.560. The van der Waals surface area contributed by atoms with Gasteiger partial charge in [-0.1, -0.05) is 30.3 Å². The molecule has 4 aromatic rings. The number of para-hydroxylation sites is 1. The number of aromatic nitrogens is 2. The van der Waals surface area contributed by atoms with E-state index in [4.69, 9.17) is 0 Å². The van der Waals surface area contributed by atoms with E-state index in [0.29, 0.717) is 4.90 Å². The second-order valence-corrected chi connectivity index (χ2v) is 7.95. The third-order valence-corrected chi connectivity index (χ3v) is 5.32. The van der Waals surface area contributed by atoms with E-state index in [9.17, 15) is 8.42 Å². The van der Waals surface area contributed by atoms with Crippen LogP contribution in [0.25, 0.3) is 27.8 Å². The fraction of sp³-hybridized carbons (Fsp3) is 0.0500. The van der Waals surface area contributed by atoms with Crippen molar-refractivity contribution in [3.05, 3.63) is 79.1 Å². The normalized spacial score (nSPS) is 11.7. The Bertz CT molecular complexity index is 1150. The first kappa shape index (κ1) is 15.6. The zero-order valence-electron chi connectivity index (χ0n) is 13.6. The van der Waals surface area contributed by atoms with Crippen LogP contribution < -0.4 is 0 Å². The summed E-state index contributed by atoms with van der Waals surface area (Å²) in [6.45, 7) is 0. The molecule has 5 heteroatoms. The van der Waals surface area contributed by atoms with Crippen molar-refractivity contribution in [2.45, 2.75) is 4.90 Å². The summed E-state index contributed by atoms with van der Waals surface area (Å²) >= 11 is 0. The summed E-state index contributed by atoms with van der Waals surface area (Å²) in [6.07, 6.45) is 4.83. The van der Waals surface area contributed by atoms with Crippen LogP contribution in [0.15, 0.2) is 84.0 Å². The number of fused-ring (bicyclic) bond motifs is 1. The Labute approximate surface area is 146 Å². The van der Waals surface area contributed by atoms with Gasteiger partial charge in [0.15, 0.2) is 9.84 Å². The van der Waals surface area contributed by atoms with Crippen LogP contribution in [0.3, 0.4) is 0 Å². The molecular formula is C20H16N2O2S. The highest BCUT2D eigenvalue weighted by Gasteiger charge is 2.13. The minimum atomic E-state index is -3.21. The number of hydrogen-bond donors (Lipinski definition) is 0. The number of nitrogens with zero attached hydrogens (tertiary/aromatic N) is 2. The minimum absolute atomic E-state index is 0.320. The summed E-state index contributed by atoms with van der Waals surface area (Å²) in [7, 11) is -3.21. The molecule has 0 atom stereocenters. The van der Waals surface area contributed by atoms with E-state index in [0.717, 1.165) is 27.8 Å². The van der Waals surface area contributed by atoms with Gasteiger partial charge in [0.2, 0.25) is 0 Å². The van der Waals surface area contributed by atoms with E-state index in [1.807, 2.05) is 54.7 Å². The molecule has 0 spiro atoms. The molecule has 0 aliphatic rings. The summed E-state index contributed by atoms with van der Waals surface area (Å²) in [5, 5.41) is 1.04. The molecule has 4 nitrogen and oxygen atoms in total.